The average Bonchev–Trinajstić information content (AvgIpc) is 3.41. The Labute approximate surface area is 171 Å². The molecule has 2 N–H and O–H groups in total. The lowest BCUT2D eigenvalue weighted by atomic mass is 9.90. The maximum atomic E-state index is 12.8. The first-order chi connectivity index (χ1) is 14.1. The van der Waals surface area contributed by atoms with Crippen LogP contribution in [0, 0.1) is 5.92 Å². The van der Waals surface area contributed by atoms with E-state index in [9.17, 15) is 9.59 Å². The first kappa shape index (κ1) is 19.6. The molecule has 1 aromatic carbocycles. The second-order valence-electron chi connectivity index (χ2n) is 8.09. The van der Waals surface area contributed by atoms with Gasteiger partial charge in [0.1, 0.15) is 0 Å². The Morgan fingerprint density at radius 1 is 1.14 bits per heavy atom. The third-order valence-corrected chi connectivity index (χ3v) is 6.01. The van der Waals surface area contributed by atoms with Crippen molar-refractivity contribution < 1.29 is 9.59 Å². The molecule has 4 rings (SSSR count). The molecule has 2 fully saturated rings. The monoisotopic (exact) mass is 395 g/mol. The normalized spacial score (nSPS) is 21.9. The quantitative estimate of drug-likeness (QED) is 0.807. The summed E-state index contributed by atoms with van der Waals surface area (Å²) in [5, 5.41) is 10.6. The van der Waals surface area contributed by atoms with Crippen molar-refractivity contribution >= 4 is 11.8 Å². The second kappa shape index (κ2) is 8.78. The second-order valence-corrected chi connectivity index (χ2v) is 8.09. The van der Waals surface area contributed by atoms with Crippen LogP contribution in [0.3, 0.4) is 0 Å². The Morgan fingerprint density at radius 2 is 1.90 bits per heavy atom. The summed E-state index contributed by atoms with van der Waals surface area (Å²) in [5.74, 6) is 0.210. The van der Waals surface area contributed by atoms with Crippen molar-refractivity contribution in [3.63, 3.8) is 0 Å². The predicted molar refractivity (Wildman–Crippen MR) is 110 cm³/mol. The van der Waals surface area contributed by atoms with Crippen molar-refractivity contribution in [3.05, 3.63) is 53.3 Å². The van der Waals surface area contributed by atoms with Gasteiger partial charge in [0.25, 0.3) is 5.91 Å². The predicted octanol–water partition coefficient (Wildman–Crippen LogP) is 1.67. The SMILES string of the molecule is Cn1cc([C@H]2CNC[C@@H]2C(=O)NCc2ccc(C(=O)N3CCCCC3)cc2)cn1. The number of piperidine rings is 1. The third kappa shape index (κ3) is 4.50. The van der Waals surface area contributed by atoms with Crippen LogP contribution < -0.4 is 10.6 Å². The number of benzene rings is 1. The number of aromatic nitrogens is 2. The number of nitrogens with zero attached hydrogens (tertiary/aromatic N) is 3. The highest BCUT2D eigenvalue weighted by Crippen LogP contribution is 2.28. The zero-order valence-electron chi connectivity index (χ0n) is 16.9. The number of amides is 2. The molecule has 0 unspecified atom stereocenters. The van der Waals surface area contributed by atoms with Gasteiger partial charge in [-0.3, -0.25) is 14.3 Å². The minimum atomic E-state index is -0.0980. The number of aryl methyl sites for hydroxylation is 1. The Balaban J connectivity index is 1.32. The molecule has 0 saturated carbocycles. The van der Waals surface area contributed by atoms with Crippen LogP contribution in [-0.4, -0.2) is 52.7 Å². The summed E-state index contributed by atoms with van der Waals surface area (Å²) in [5.41, 5.74) is 2.81. The Hall–Kier alpha value is -2.67. The van der Waals surface area contributed by atoms with Crippen molar-refractivity contribution in [3.8, 4) is 0 Å². The Morgan fingerprint density at radius 3 is 2.59 bits per heavy atom. The molecular formula is C22H29N5O2. The molecular weight excluding hydrogens is 366 g/mol. The van der Waals surface area contributed by atoms with Gasteiger partial charge < -0.3 is 15.5 Å². The number of hydrogen-bond acceptors (Lipinski definition) is 4. The van der Waals surface area contributed by atoms with Gasteiger partial charge in [0.15, 0.2) is 0 Å². The van der Waals surface area contributed by atoms with Gasteiger partial charge in [0, 0.05) is 57.4 Å². The number of carbonyl (C=O) groups is 2. The van der Waals surface area contributed by atoms with E-state index in [0.717, 1.165) is 49.2 Å². The molecule has 2 amide bonds. The van der Waals surface area contributed by atoms with Crippen molar-refractivity contribution in [2.75, 3.05) is 26.2 Å². The van der Waals surface area contributed by atoms with E-state index in [-0.39, 0.29) is 23.7 Å². The van der Waals surface area contributed by atoms with Gasteiger partial charge >= 0.3 is 0 Å². The fourth-order valence-electron chi connectivity index (χ4n) is 4.30. The molecule has 154 valence electrons. The fraction of sp³-hybridized carbons (Fsp3) is 0.500. The molecule has 2 saturated heterocycles. The first-order valence-corrected chi connectivity index (χ1v) is 10.5. The number of hydrogen-bond donors (Lipinski definition) is 2. The molecule has 7 nitrogen and oxygen atoms in total. The van der Waals surface area contributed by atoms with Gasteiger partial charge in [0.05, 0.1) is 12.1 Å². The molecule has 0 bridgehead atoms. The van der Waals surface area contributed by atoms with E-state index in [4.69, 9.17) is 0 Å². The molecule has 0 aliphatic carbocycles. The van der Waals surface area contributed by atoms with Crippen molar-refractivity contribution in [1.29, 1.82) is 0 Å². The maximum Gasteiger partial charge on any atom is 0.253 e. The lowest BCUT2D eigenvalue weighted by molar-refractivity contribution is -0.125. The lowest BCUT2D eigenvalue weighted by Crippen LogP contribution is -2.35. The molecule has 3 heterocycles. The first-order valence-electron chi connectivity index (χ1n) is 10.5. The number of nitrogens with one attached hydrogen (secondary N) is 2. The summed E-state index contributed by atoms with van der Waals surface area (Å²) >= 11 is 0. The smallest absolute Gasteiger partial charge is 0.253 e. The molecule has 2 atom stereocenters. The van der Waals surface area contributed by atoms with E-state index in [1.54, 1.807) is 4.68 Å². The summed E-state index contributed by atoms with van der Waals surface area (Å²) in [7, 11) is 1.89. The van der Waals surface area contributed by atoms with Crippen LogP contribution in [0.5, 0.6) is 0 Å². The highest BCUT2D eigenvalue weighted by atomic mass is 16.2. The van der Waals surface area contributed by atoms with Gasteiger partial charge in [-0.05, 0) is 42.5 Å². The largest absolute Gasteiger partial charge is 0.352 e. The lowest BCUT2D eigenvalue weighted by Gasteiger charge is -2.26. The van der Waals surface area contributed by atoms with E-state index in [1.165, 1.54) is 6.42 Å². The molecule has 2 aromatic rings. The fourth-order valence-corrected chi connectivity index (χ4v) is 4.30. The Bertz CT molecular complexity index is 854. The molecule has 0 spiro atoms. The Kier molecular flexibility index (Phi) is 5.94. The van der Waals surface area contributed by atoms with E-state index < -0.39 is 0 Å². The van der Waals surface area contributed by atoms with Crippen LogP contribution >= 0.6 is 0 Å². The molecule has 29 heavy (non-hydrogen) atoms. The highest BCUT2D eigenvalue weighted by molar-refractivity contribution is 5.94. The van der Waals surface area contributed by atoms with Crippen LogP contribution in [0.4, 0.5) is 0 Å². The van der Waals surface area contributed by atoms with Crippen molar-refractivity contribution in [2.45, 2.75) is 31.7 Å². The van der Waals surface area contributed by atoms with E-state index in [2.05, 4.69) is 15.7 Å². The maximum absolute atomic E-state index is 12.8. The molecule has 1 aromatic heterocycles. The van der Waals surface area contributed by atoms with Crippen molar-refractivity contribution in [1.82, 2.24) is 25.3 Å². The molecule has 2 aliphatic rings. The third-order valence-electron chi connectivity index (χ3n) is 6.01. The minimum Gasteiger partial charge on any atom is -0.352 e. The van der Waals surface area contributed by atoms with Crippen LogP contribution in [-0.2, 0) is 18.4 Å². The number of carbonyl (C=O) groups excluding carboxylic acids is 2. The number of likely N-dealkylation sites (tertiary alicyclic amines) is 1. The van der Waals surface area contributed by atoms with Gasteiger partial charge in [-0.25, -0.2) is 0 Å². The summed E-state index contributed by atoms with van der Waals surface area (Å²) in [4.78, 5) is 27.3. The zero-order valence-corrected chi connectivity index (χ0v) is 16.9. The molecule has 7 heteroatoms. The van der Waals surface area contributed by atoms with Crippen molar-refractivity contribution in [2.24, 2.45) is 13.0 Å². The van der Waals surface area contributed by atoms with Crippen LogP contribution in [0.15, 0.2) is 36.7 Å². The number of rotatable bonds is 5. The minimum absolute atomic E-state index is 0.0531. The van der Waals surface area contributed by atoms with E-state index >= 15 is 0 Å². The standard InChI is InChI=1S/C22H29N5O2/c1-26-15-18(12-25-26)19-13-23-14-20(19)21(28)24-11-16-5-7-17(8-6-16)22(29)27-9-3-2-4-10-27/h5-8,12,15,19-20,23H,2-4,9-11,13-14H2,1H3,(H,24,28)/t19-,20+/m1/s1. The van der Waals surface area contributed by atoms with Gasteiger partial charge in [-0.1, -0.05) is 12.1 Å². The van der Waals surface area contributed by atoms with Crippen LogP contribution in [0.2, 0.25) is 0 Å². The topological polar surface area (TPSA) is 79.3 Å². The molecule has 0 radical (unpaired) electrons. The van der Waals surface area contributed by atoms with Gasteiger partial charge in [-0.15, -0.1) is 0 Å². The summed E-state index contributed by atoms with van der Waals surface area (Å²) in [6.45, 7) is 3.63. The van der Waals surface area contributed by atoms with Gasteiger partial charge in [0.2, 0.25) is 5.91 Å². The van der Waals surface area contributed by atoms with Crippen LogP contribution in [0.1, 0.15) is 46.7 Å². The summed E-state index contributed by atoms with van der Waals surface area (Å²) in [6, 6.07) is 7.61. The summed E-state index contributed by atoms with van der Waals surface area (Å²) < 4.78 is 1.77. The summed E-state index contributed by atoms with van der Waals surface area (Å²) in [6.07, 6.45) is 7.21. The highest BCUT2D eigenvalue weighted by Gasteiger charge is 2.34. The average molecular weight is 396 g/mol. The van der Waals surface area contributed by atoms with E-state index in [1.807, 2.05) is 48.6 Å². The zero-order chi connectivity index (χ0) is 20.2. The van der Waals surface area contributed by atoms with Crippen LogP contribution in [0.25, 0.3) is 0 Å². The van der Waals surface area contributed by atoms with E-state index in [0.29, 0.717) is 13.1 Å². The van der Waals surface area contributed by atoms with Gasteiger partial charge in [-0.2, -0.15) is 5.10 Å². The molecule has 2 aliphatic heterocycles.